The van der Waals surface area contributed by atoms with Crippen molar-refractivity contribution in [3.63, 3.8) is 0 Å². The first kappa shape index (κ1) is 23.5. The minimum atomic E-state index is -0.553. The number of carbonyl (C=O) groups excluding carboxylic acids is 2. The maximum atomic E-state index is 13.3. The van der Waals surface area contributed by atoms with Crippen LogP contribution in [0.5, 0.6) is 0 Å². The normalized spacial score (nSPS) is 13.2. The van der Waals surface area contributed by atoms with E-state index in [0.29, 0.717) is 22.0 Å². The number of amides is 2. The Morgan fingerprint density at radius 2 is 1.92 bits per heavy atom. The zero-order valence-electron chi connectivity index (χ0n) is 20.1. The van der Waals surface area contributed by atoms with Crippen molar-refractivity contribution in [3.8, 4) is 17.3 Å². The Morgan fingerprint density at radius 1 is 1.14 bits per heavy atom. The van der Waals surface area contributed by atoms with Gasteiger partial charge >= 0.3 is 0 Å². The van der Waals surface area contributed by atoms with E-state index in [4.69, 9.17) is 4.98 Å². The molecule has 0 unspecified atom stereocenters. The van der Waals surface area contributed by atoms with E-state index < -0.39 is 5.91 Å². The van der Waals surface area contributed by atoms with Crippen LogP contribution in [0, 0.1) is 18.3 Å². The molecule has 0 saturated carbocycles. The molecule has 0 atom stereocenters. The molecule has 1 aliphatic rings. The standard InChI is InChI=1S/C28H25N5O2S/c1-17-9-8-14-33-21(24(31-25(17)33)18-10-4-3-5-11-18)15-19(16-29)26(34)32-28-23(27(35)30-2)20-12-6-7-13-22(20)36-28/h3-5,8-11,14-15H,6-7,12-13H2,1-2H3,(H,30,35)(H,32,34). The van der Waals surface area contributed by atoms with Crippen LogP contribution in [0.25, 0.3) is 23.0 Å². The number of rotatable bonds is 5. The number of aryl methyl sites for hydroxylation is 2. The predicted octanol–water partition coefficient (Wildman–Crippen LogP) is 5.16. The third-order valence-electron chi connectivity index (χ3n) is 6.43. The van der Waals surface area contributed by atoms with Crippen molar-refractivity contribution in [1.29, 1.82) is 5.26 Å². The number of nitriles is 1. The van der Waals surface area contributed by atoms with Gasteiger partial charge in [0, 0.05) is 23.7 Å². The average molecular weight is 496 g/mol. The quantitative estimate of drug-likeness (QED) is 0.295. The van der Waals surface area contributed by atoms with Crippen LogP contribution in [0.3, 0.4) is 0 Å². The van der Waals surface area contributed by atoms with Crippen LogP contribution in [0.1, 0.15) is 44.9 Å². The number of benzene rings is 1. The number of nitrogens with zero attached hydrogens (tertiary/aromatic N) is 3. The topological polar surface area (TPSA) is 99.3 Å². The van der Waals surface area contributed by atoms with Crippen molar-refractivity contribution < 1.29 is 9.59 Å². The van der Waals surface area contributed by atoms with E-state index in [1.54, 1.807) is 13.1 Å². The Morgan fingerprint density at radius 3 is 2.67 bits per heavy atom. The Hall–Kier alpha value is -4.22. The second-order valence-electron chi connectivity index (χ2n) is 8.71. The Labute approximate surface area is 213 Å². The third kappa shape index (κ3) is 4.18. The molecule has 7 nitrogen and oxygen atoms in total. The van der Waals surface area contributed by atoms with E-state index in [0.717, 1.165) is 52.9 Å². The summed E-state index contributed by atoms with van der Waals surface area (Å²) >= 11 is 1.43. The average Bonchev–Trinajstić information content (AvgIpc) is 3.46. The molecule has 0 fully saturated rings. The molecule has 1 aliphatic carbocycles. The summed E-state index contributed by atoms with van der Waals surface area (Å²) in [5.74, 6) is -0.779. The number of hydrogen-bond donors (Lipinski definition) is 2. The highest BCUT2D eigenvalue weighted by Crippen LogP contribution is 2.38. The van der Waals surface area contributed by atoms with Gasteiger partial charge in [-0.3, -0.25) is 14.0 Å². The first-order valence-electron chi connectivity index (χ1n) is 11.8. The van der Waals surface area contributed by atoms with Crippen LogP contribution >= 0.6 is 11.3 Å². The molecule has 4 aromatic rings. The van der Waals surface area contributed by atoms with Crippen LogP contribution in [0.15, 0.2) is 54.2 Å². The molecular weight excluding hydrogens is 470 g/mol. The summed E-state index contributed by atoms with van der Waals surface area (Å²) in [5.41, 5.74) is 5.41. The van der Waals surface area contributed by atoms with Gasteiger partial charge in [-0.05, 0) is 55.9 Å². The van der Waals surface area contributed by atoms with Gasteiger partial charge < -0.3 is 10.6 Å². The van der Waals surface area contributed by atoms with Gasteiger partial charge in [0.2, 0.25) is 0 Å². The lowest BCUT2D eigenvalue weighted by atomic mass is 9.95. The fraction of sp³-hybridized carbons (Fsp3) is 0.214. The molecule has 8 heteroatoms. The van der Waals surface area contributed by atoms with Gasteiger partial charge in [-0.15, -0.1) is 11.3 Å². The molecule has 3 aromatic heterocycles. The van der Waals surface area contributed by atoms with E-state index in [1.807, 2.05) is 60.0 Å². The maximum Gasteiger partial charge on any atom is 0.267 e. The Balaban J connectivity index is 1.58. The van der Waals surface area contributed by atoms with Crippen LogP contribution in [-0.4, -0.2) is 28.2 Å². The number of thiophene rings is 1. The molecule has 0 bridgehead atoms. The number of aromatic nitrogens is 2. The maximum absolute atomic E-state index is 13.3. The molecule has 1 aromatic carbocycles. The van der Waals surface area contributed by atoms with E-state index in [-0.39, 0.29) is 11.5 Å². The minimum Gasteiger partial charge on any atom is -0.355 e. The molecule has 0 radical (unpaired) electrons. The van der Waals surface area contributed by atoms with E-state index >= 15 is 0 Å². The van der Waals surface area contributed by atoms with Gasteiger partial charge in [-0.25, -0.2) is 4.98 Å². The number of hydrogen-bond acceptors (Lipinski definition) is 5. The molecule has 2 N–H and O–H groups in total. The largest absolute Gasteiger partial charge is 0.355 e. The summed E-state index contributed by atoms with van der Waals surface area (Å²) in [6.07, 6.45) is 7.23. The Bertz CT molecular complexity index is 1560. The van der Waals surface area contributed by atoms with E-state index in [1.165, 1.54) is 11.3 Å². The minimum absolute atomic E-state index is 0.0651. The fourth-order valence-electron chi connectivity index (χ4n) is 4.64. The first-order chi connectivity index (χ1) is 17.5. The van der Waals surface area contributed by atoms with Crippen molar-refractivity contribution >= 4 is 39.9 Å². The van der Waals surface area contributed by atoms with Crippen LogP contribution in [0.4, 0.5) is 5.00 Å². The highest BCUT2D eigenvalue weighted by Gasteiger charge is 2.27. The summed E-state index contributed by atoms with van der Waals surface area (Å²) in [6.45, 7) is 1.97. The highest BCUT2D eigenvalue weighted by atomic mass is 32.1. The van der Waals surface area contributed by atoms with Gasteiger partial charge in [0.25, 0.3) is 11.8 Å². The summed E-state index contributed by atoms with van der Waals surface area (Å²) in [7, 11) is 1.58. The second-order valence-corrected chi connectivity index (χ2v) is 9.82. The summed E-state index contributed by atoms with van der Waals surface area (Å²) < 4.78 is 1.89. The third-order valence-corrected chi connectivity index (χ3v) is 7.64. The van der Waals surface area contributed by atoms with E-state index in [2.05, 4.69) is 16.7 Å². The van der Waals surface area contributed by atoms with Gasteiger partial charge in [0.15, 0.2) is 0 Å². The molecule has 0 aliphatic heterocycles. The number of anilines is 1. The molecule has 0 spiro atoms. The fourth-order valence-corrected chi connectivity index (χ4v) is 5.93. The monoisotopic (exact) mass is 495 g/mol. The lowest BCUT2D eigenvalue weighted by molar-refractivity contribution is -0.112. The predicted molar refractivity (Wildman–Crippen MR) is 142 cm³/mol. The van der Waals surface area contributed by atoms with Crippen molar-refractivity contribution in [2.75, 3.05) is 12.4 Å². The highest BCUT2D eigenvalue weighted by molar-refractivity contribution is 7.17. The summed E-state index contributed by atoms with van der Waals surface area (Å²) in [5, 5.41) is 16.0. The number of carbonyl (C=O) groups is 2. The van der Waals surface area contributed by atoms with Crippen molar-refractivity contribution in [2.24, 2.45) is 0 Å². The molecule has 2 amide bonds. The van der Waals surface area contributed by atoms with Crippen molar-refractivity contribution in [1.82, 2.24) is 14.7 Å². The zero-order valence-corrected chi connectivity index (χ0v) is 20.9. The van der Waals surface area contributed by atoms with Crippen molar-refractivity contribution in [3.05, 3.63) is 81.5 Å². The van der Waals surface area contributed by atoms with Gasteiger partial charge in [-0.1, -0.05) is 36.4 Å². The molecule has 3 heterocycles. The molecule has 0 saturated heterocycles. The molecule has 180 valence electrons. The lowest BCUT2D eigenvalue weighted by Crippen LogP contribution is -2.22. The number of imidazole rings is 1. The number of nitrogens with one attached hydrogen (secondary N) is 2. The lowest BCUT2D eigenvalue weighted by Gasteiger charge is -2.12. The molecule has 36 heavy (non-hydrogen) atoms. The van der Waals surface area contributed by atoms with Gasteiger partial charge in [0.05, 0.1) is 17.0 Å². The van der Waals surface area contributed by atoms with Crippen LogP contribution in [-0.2, 0) is 17.6 Å². The SMILES string of the molecule is CNC(=O)c1c(NC(=O)C(C#N)=Cc2c(-c3ccccc3)nc3c(C)cccn23)sc2c1CCCC2. The van der Waals surface area contributed by atoms with Crippen LogP contribution < -0.4 is 10.6 Å². The first-order valence-corrected chi connectivity index (χ1v) is 12.7. The molecule has 5 rings (SSSR count). The van der Waals surface area contributed by atoms with Crippen molar-refractivity contribution in [2.45, 2.75) is 32.6 Å². The van der Waals surface area contributed by atoms with Gasteiger partial charge in [0.1, 0.15) is 22.3 Å². The van der Waals surface area contributed by atoms with Gasteiger partial charge in [-0.2, -0.15) is 5.26 Å². The zero-order chi connectivity index (χ0) is 25.2. The second kappa shape index (κ2) is 9.80. The summed E-state index contributed by atoms with van der Waals surface area (Å²) in [4.78, 5) is 32.0. The smallest absolute Gasteiger partial charge is 0.267 e. The summed E-state index contributed by atoms with van der Waals surface area (Å²) in [6, 6.07) is 15.6. The Kier molecular flexibility index (Phi) is 6.40. The molecular formula is C28H25N5O2S. The number of fused-ring (bicyclic) bond motifs is 2. The number of pyridine rings is 1. The van der Waals surface area contributed by atoms with E-state index in [9.17, 15) is 14.9 Å². The van der Waals surface area contributed by atoms with Crippen LogP contribution in [0.2, 0.25) is 0 Å².